The van der Waals surface area contributed by atoms with E-state index in [0.717, 1.165) is 33.5 Å². The highest BCUT2D eigenvalue weighted by atomic mass is 32.1. The van der Waals surface area contributed by atoms with Gasteiger partial charge in [0.2, 0.25) is 5.88 Å². The van der Waals surface area contributed by atoms with Crippen molar-refractivity contribution in [2.24, 2.45) is 0 Å². The largest absolute Gasteiger partial charge is 0.512 e. The van der Waals surface area contributed by atoms with Crippen LogP contribution in [-0.2, 0) is 19.4 Å². The molecule has 6 rings (SSSR count). The van der Waals surface area contributed by atoms with Crippen LogP contribution in [0.4, 0.5) is 15.1 Å². The lowest BCUT2D eigenvalue weighted by atomic mass is 9.94. The number of amides is 1. The zero-order valence-corrected chi connectivity index (χ0v) is 22.8. The minimum absolute atomic E-state index is 0.0665. The van der Waals surface area contributed by atoms with Gasteiger partial charge in [-0.1, -0.05) is 65.1 Å². The number of rotatable bonds is 8. The summed E-state index contributed by atoms with van der Waals surface area (Å²) in [5, 5.41) is 13.4. The lowest BCUT2D eigenvalue weighted by Gasteiger charge is -2.29. The van der Waals surface area contributed by atoms with Crippen LogP contribution in [0.1, 0.15) is 26.4 Å². The van der Waals surface area contributed by atoms with Crippen LogP contribution >= 0.6 is 22.7 Å². The Morgan fingerprint density at radius 3 is 2.62 bits per heavy atom. The second-order valence-corrected chi connectivity index (χ2v) is 11.2. The van der Waals surface area contributed by atoms with Crippen LogP contribution in [0.2, 0.25) is 0 Å². The highest BCUT2D eigenvalue weighted by molar-refractivity contribution is 7.22. The number of carbonyl (C=O) groups excluding carboxylic acids is 1. The van der Waals surface area contributed by atoms with Crippen molar-refractivity contribution in [1.82, 2.24) is 9.97 Å². The first-order valence-corrected chi connectivity index (χ1v) is 14.3. The summed E-state index contributed by atoms with van der Waals surface area (Å²) in [6, 6.07) is 22.9. The maximum absolute atomic E-state index is 13.3. The topological polar surface area (TPSA) is 114 Å². The minimum Gasteiger partial charge on any atom is -0.493 e. The predicted octanol–water partition coefficient (Wildman–Crippen LogP) is 6.25. The Bertz CT molecular complexity index is 1650. The summed E-state index contributed by atoms with van der Waals surface area (Å²) in [6.07, 6.45) is -0.256. The molecule has 2 N–H and O–H groups in total. The van der Waals surface area contributed by atoms with Gasteiger partial charge >= 0.3 is 6.16 Å². The fraction of sp³-hybridized carbons (Fsp3) is 0.172. The molecule has 1 aliphatic heterocycles. The normalized spacial score (nSPS) is 12.7. The van der Waals surface area contributed by atoms with E-state index in [1.807, 2.05) is 72.8 Å². The van der Waals surface area contributed by atoms with Gasteiger partial charge in [0, 0.05) is 25.1 Å². The summed E-state index contributed by atoms with van der Waals surface area (Å²) in [7, 11) is 0. The molecule has 1 aliphatic rings. The summed E-state index contributed by atoms with van der Waals surface area (Å²) in [5.74, 6) is 0.583. The Balaban J connectivity index is 1.20. The number of para-hydroxylation sites is 2. The third-order valence-electron chi connectivity index (χ3n) is 6.48. The summed E-state index contributed by atoms with van der Waals surface area (Å²) in [4.78, 5) is 36.5. The van der Waals surface area contributed by atoms with E-state index in [1.165, 1.54) is 22.7 Å². The number of ether oxygens (including phenoxy) is 2. The first-order chi connectivity index (χ1) is 19.5. The molecule has 3 aromatic carbocycles. The molecule has 0 saturated carbocycles. The Hall–Kier alpha value is -4.48. The van der Waals surface area contributed by atoms with Gasteiger partial charge in [0.15, 0.2) is 10.3 Å². The van der Waals surface area contributed by atoms with Crippen molar-refractivity contribution in [1.29, 1.82) is 0 Å². The van der Waals surface area contributed by atoms with Crippen molar-refractivity contribution >= 4 is 55.2 Å². The number of nitrogens with one attached hydrogen (secondary N) is 1. The van der Waals surface area contributed by atoms with Crippen LogP contribution in [0.15, 0.2) is 72.8 Å². The number of anilines is 2. The highest BCUT2D eigenvalue weighted by Gasteiger charge is 2.26. The Morgan fingerprint density at radius 2 is 1.80 bits per heavy atom. The average Bonchev–Trinajstić information content (AvgIpc) is 3.56. The number of fused-ring (bicyclic) bond motifs is 2. The number of carboxylic acid groups (broad SMARTS) is 1. The average molecular weight is 573 g/mol. The van der Waals surface area contributed by atoms with E-state index in [0.29, 0.717) is 46.8 Å². The molecule has 5 aromatic rings. The third-order valence-corrected chi connectivity index (χ3v) is 8.59. The molecular weight excluding hydrogens is 548 g/mol. The first kappa shape index (κ1) is 25.8. The van der Waals surface area contributed by atoms with Gasteiger partial charge in [0.25, 0.3) is 5.91 Å². The van der Waals surface area contributed by atoms with Crippen LogP contribution in [0.5, 0.6) is 11.6 Å². The van der Waals surface area contributed by atoms with Crippen molar-refractivity contribution in [2.75, 3.05) is 23.4 Å². The van der Waals surface area contributed by atoms with Crippen LogP contribution in [0, 0.1) is 0 Å². The van der Waals surface area contributed by atoms with E-state index in [-0.39, 0.29) is 11.8 Å². The summed E-state index contributed by atoms with van der Waals surface area (Å²) < 4.78 is 11.8. The zero-order chi connectivity index (χ0) is 27.5. The smallest absolute Gasteiger partial charge is 0.493 e. The van der Waals surface area contributed by atoms with Crippen molar-refractivity contribution in [3.63, 3.8) is 0 Å². The standard InChI is InChI=1S/C29H24N4O5S2/c34-25(31-27-30-22-11-4-5-12-23(22)39-27)20-10-6-7-18-13-15-33(17-21(18)20)28-32-26(38-29(35)36)24(40-28)14-16-37-19-8-2-1-3-9-19/h1-12H,13-17H2,(H,35,36)(H,30,31,34). The van der Waals surface area contributed by atoms with E-state index in [1.54, 1.807) is 0 Å². The molecule has 40 heavy (non-hydrogen) atoms. The molecule has 0 unspecified atom stereocenters. The Kier molecular flexibility index (Phi) is 7.30. The molecule has 1 amide bonds. The minimum atomic E-state index is -1.42. The SMILES string of the molecule is O=C(O)Oc1nc(N2CCc3cccc(C(=O)Nc4nc5ccccc5s4)c3C2)sc1CCOc1ccccc1. The van der Waals surface area contributed by atoms with Gasteiger partial charge < -0.3 is 19.5 Å². The third kappa shape index (κ3) is 5.61. The van der Waals surface area contributed by atoms with Crippen LogP contribution in [-0.4, -0.2) is 40.3 Å². The lowest BCUT2D eigenvalue weighted by molar-refractivity contribution is 0.102. The van der Waals surface area contributed by atoms with Crippen molar-refractivity contribution < 1.29 is 24.2 Å². The van der Waals surface area contributed by atoms with E-state index < -0.39 is 6.16 Å². The number of carbonyl (C=O) groups is 2. The van der Waals surface area contributed by atoms with Gasteiger partial charge in [-0.15, -0.1) is 0 Å². The van der Waals surface area contributed by atoms with E-state index in [2.05, 4.69) is 20.2 Å². The first-order valence-electron chi connectivity index (χ1n) is 12.6. The molecule has 0 fully saturated rings. The molecular formula is C29H24N4O5S2. The number of hydrogen-bond acceptors (Lipinski definition) is 9. The van der Waals surface area contributed by atoms with E-state index >= 15 is 0 Å². The van der Waals surface area contributed by atoms with Gasteiger partial charge in [0.1, 0.15) is 5.75 Å². The maximum atomic E-state index is 13.3. The Morgan fingerprint density at radius 1 is 0.975 bits per heavy atom. The van der Waals surface area contributed by atoms with E-state index in [4.69, 9.17) is 9.47 Å². The predicted molar refractivity (Wildman–Crippen MR) is 155 cm³/mol. The number of aromatic nitrogens is 2. The molecule has 0 radical (unpaired) electrons. The summed E-state index contributed by atoms with van der Waals surface area (Å²) in [5.41, 5.74) is 3.44. The zero-order valence-electron chi connectivity index (χ0n) is 21.2. The Labute approximate surface area is 237 Å². The highest BCUT2D eigenvalue weighted by Crippen LogP contribution is 2.36. The quantitative estimate of drug-likeness (QED) is 0.210. The summed E-state index contributed by atoms with van der Waals surface area (Å²) >= 11 is 2.81. The molecule has 202 valence electrons. The molecule has 0 atom stereocenters. The molecule has 0 spiro atoms. The van der Waals surface area contributed by atoms with Crippen molar-refractivity contribution in [3.8, 4) is 11.6 Å². The van der Waals surface area contributed by atoms with Crippen LogP contribution < -0.4 is 19.7 Å². The van der Waals surface area contributed by atoms with Crippen molar-refractivity contribution in [3.05, 3.63) is 94.4 Å². The number of thiazole rings is 2. The summed E-state index contributed by atoms with van der Waals surface area (Å²) in [6.45, 7) is 1.48. The van der Waals surface area contributed by atoms with Gasteiger partial charge in [-0.05, 0) is 47.9 Å². The fourth-order valence-corrected chi connectivity index (χ4v) is 6.46. The molecule has 3 heterocycles. The van der Waals surface area contributed by atoms with Gasteiger partial charge in [-0.3, -0.25) is 10.1 Å². The monoisotopic (exact) mass is 572 g/mol. The fourth-order valence-electron chi connectivity index (χ4n) is 4.61. The van der Waals surface area contributed by atoms with Gasteiger partial charge in [-0.2, -0.15) is 4.98 Å². The molecule has 0 bridgehead atoms. The molecule has 9 nitrogen and oxygen atoms in total. The second kappa shape index (κ2) is 11.3. The van der Waals surface area contributed by atoms with E-state index in [9.17, 15) is 14.7 Å². The molecule has 0 saturated heterocycles. The van der Waals surface area contributed by atoms with Crippen molar-refractivity contribution in [2.45, 2.75) is 19.4 Å². The van der Waals surface area contributed by atoms with Crippen LogP contribution in [0.3, 0.4) is 0 Å². The molecule has 11 heteroatoms. The number of nitrogens with zero attached hydrogens (tertiary/aromatic N) is 3. The van der Waals surface area contributed by atoms with Crippen LogP contribution in [0.25, 0.3) is 10.2 Å². The molecule has 2 aromatic heterocycles. The van der Waals surface area contributed by atoms with Gasteiger partial charge in [-0.25, -0.2) is 9.78 Å². The lowest BCUT2D eigenvalue weighted by Crippen LogP contribution is -2.32. The van der Waals surface area contributed by atoms with Gasteiger partial charge in [0.05, 0.1) is 21.7 Å². The maximum Gasteiger partial charge on any atom is 0.512 e. The second-order valence-electron chi connectivity index (χ2n) is 9.06. The number of hydrogen-bond donors (Lipinski definition) is 2. The number of benzene rings is 3. The molecule has 0 aliphatic carbocycles.